The van der Waals surface area contributed by atoms with Crippen molar-refractivity contribution < 1.29 is 36.7 Å². The molecule has 3 atom stereocenters. The fourth-order valence-electron chi connectivity index (χ4n) is 3.70. The molecule has 2 amide bonds. The van der Waals surface area contributed by atoms with E-state index < -0.39 is 41.5 Å². The minimum Gasteiger partial charge on any atom is -0.459 e. The van der Waals surface area contributed by atoms with Crippen LogP contribution in [0.15, 0.2) is 65.1 Å². The van der Waals surface area contributed by atoms with Crippen molar-refractivity contribution in [2.24, 2.45) is 5.92 Å². The number of hydrogen-bond acceptors (Lipinski definition) is 4. The lowest BCUT2D eigenvalue weighted by Crippen LogP contribution is -2.72. The van der Waals surface area contributed by atoms with Gasteiger partial charge < -0.3 is 20.2 Å². The molecule has 33 heavy (non-hydrogen) atoms. The highest BCUT2D eigenvalue weighted by atomic mass is 35.5. The average Bonchev–Trinajstić information content (AvgIpc) is 3.23. The zero-order valence-corrected chi connectivity index (χ0v) is 17.2. The van der Waals surface area contributed by atoms with Crippen LogP contribution in [0.4, 0.5) is 22.4 Å². The second-order valence-corrected chi connectivity index (χ2v) is 7.78. The van der Waals surface area contributed by atoms with Crippen LogP contribution in [0.2, 0.25) is 5.02 Å². The van der Waals surface area contributed by atoms with Crippen molar-refractivity contribution >= 4 is 23.4 Å². The molecule has 172 valence electrons. The number of aliphatic hydroxyl groups is 1. The van der Waals surface area contributed by atoms with Gasteiger partial charge in [-0.05, 0) is 48.5 Å². The maximum Gasteiger partial charge on any atom is 0.437 e. The maximum absolute atomic E-state index is 13.9. The van der Waals surface area contributed by atoms with E-state index in [-0.39, 0.29) is 17.1 Å². The van der Waals surface area contributed by atoms with Gasteiger partial charge in [0.25, 0.3) is 0 Å². The van der Waals surface area contributed by atoms with Crippen LogP contribution in [0.3, 0.4) is 0 Å². The van der Waals surface area contributed by atoms with Crippen LogP contribution in [0.1, 0.15) is 22.2 Å². The molecule has 3 unspecified atom stereocenters. The van der Waals surface area contributed by atoms with Gasteiger partial charge >= 0.3 is 12.2 Å². The predicted octanol–water partition coefficient (Wildman–Crippen LogP) is 4.84. The summed E-state index contributed by atoms with van der Waals surface area (Å²) in [6.07, 6.45) is -5.43. The topological polar surface area (TPSA) is 91.6 Å². The lowest BCUT2D eigenvalue weighted by molar-refractivity contribution is -0.288. The van der Waals surface area contributed by atoms with Gasteiger partial charge in [0.2, 0.25) is 5.72 Å². The number of carbonyl (C=O) groups is 2. The van der Waals surface area contributed by atoms with E-state index in [9.17, 15) is 32.3 Å². The van der Waals surface area contributed by atoms with E-state index in [1.54, 1.807) is 24.3 Å². The molecule has 0 saturated carbocycles. The molecule has 1 aliphatic heterocycles. The largest absolute Gasteiger partial charge is 0.459 e. The number of halogens is 5. The zero-order valence-electron chi connectivity index (χ0n) is 16.5. The Morgan fingerprint density at radius 2 is 1.73 bits per heavy atom. The Morgan fingerprint density at radius 1 is 1.06 bits per heavy atom. The predicted molar refractivity (Wildman–Crippen MR) is 109 cm³/mol. The summed E-state index contributed by atoms with van der Waals surface area (Å²) in [5, 5.41) is 14.5. The summed E-state index contributed by atoms with van der Waals surface area (Å²) in [7, 11) is 0. The molecular formula is C22H15ClF4N2O4. The fourth-order valence-corrected chi connectivity index (χ4v) is 3.92. The molecule has 6 nitrogen and oxygen atoms in total. The van der Waals surface area contributed by atoms with Crippen molar-refractivity contribution in [3.05, 3.63) is 82.8 Å². The molecule has 1 aromatic heterocycles. The van der Waals surface area contributed by atoms with Gasteiger partial charge in [0.15, 0.2) is 5.78 Å². The number of amides is 2. The Labute approximate surface area is 189 Å². The van der Waals surface area contributed by atoms with Crippen LogP contribution in [0, 0.1) is 11.7 Å². The van der Waals surface area contributed by atoms with Gasteiger partial charge in [-0.1, -0.05) is 23.7 Å². The van der Waals surface area contributed by atoms with Gasteiger partial charge in [0.1, 0.15) is 29.3 Å². The molecule has 2 aromatic carbocycles. The minimum absolute atomic E-state index is 0.173. The SMILES string of the molecule is O=C1NC(c2ccc(-c3ccccc3Cl)o2)C(C(=O)c2ccc(F)cc2)C(O)(C(F)(F)F)N1. The highest BCUT2D eigenvalue weighted by molar-refractivity contribution is 6.33. The van der Waals surface area contributed by atoms with E-state index in [1.807, 2.05) is 0 Å². The Balaban J connectivity index is 1.82. The first kappa shape index (κ1) is 22.8. The second-order valence-electron chi connectivity index (χ2n) is 7.37. The number of Topliss-reactive ketones (excluding diaryl/α,β-unsaturated/α-hetero) is 1. The van der Waals surface area contributed by atoms with Crippen molar-refractivity contribution in [2.45, 2.75) is 17.9 Å². The summed E-state index contributed by atoms with van der Waals surface area (Å²) in [6, 6.07) is 9.90. The molecule has 0 bridgehead atoms. The Hall–Kier alpha value is -3.37. The number of ketones is 1. The van der Waals surface area contributed by atoms with E-state index >= 15 is 0 Å². The van der Waals surface area contributed by atoms with Crippen LogP contribution < -0.4 is 10.6 Å². The van der Waals surface area contributed by atoms with E-state index in [1.165, 1.54) is 17.4 Å². The molecule has 1 aliphatic rings. The Morgan fingerprint density at radius 3 is 2.36 bits per heavy atom. The molecule has 3 aromatic rings. The first-order valence-corrected chi connectivity index (χ1v) is 9.91. The quantitative estimate of drug-likeness (QED) is 0.366. The average molecular weight is 483 g/mol. The molecule has 1 saturated heterocycles. The molecule has 3 N–H and O–H groups in total. The van der Waals surface area contributed by atoms with Crippen LogP contribution in [0.25, 0.3) is 11.3 Å². The highest BCUT2D eigenvalue weighted by Crippen LogP contribution is 2.45. The van der Waals surface area contributed by atoms with Gasteiger partial charge in [0, 0.05) is 11.1 Å². The van der Waals surface area contributed by atoms with E-state index in [0.29, 0.717) is 10.6 Å². The highest BCUT2D eigenvalue weighted by Gasteiger charge is 2.66. The lowest BCUT2D eigenvalue weighted by Gasteiger charge is -2.44. The third-order valence-electron chi connectivity index (χ3n) is 5.29. The maximum atomic E-state index is 13.9. The van der Waals surface area contributed by atoms with E-state index in [0.717, 1.165) is 24.3 Å². The van der Waals surface area contributed by atoms with Crippen molar-refractivity contribution in [3.63, 3.8) is 0 Å². The Kier molecular flexibility index (Phi) is 5.67. The lowest BCUT2D eigenvalue weighted by atomic mass is 9.79. The third-order valence-corrected chi connectivity index (χ3v) is 5.62. The number of nitrogens with one attached hydrogen (secondary N) is 2. The van der Waals surface area contributed by atoms with Crippen molar-refractivity contribution in [1.29, 1.82) is 0 Å². The standard InChI is InChI=1S/C22H15ClF4N2O4/c23-14-4-2-1-3-13(14)15-9-10-16(33-15)18-17(19(30)11-5-7-12(24)8-6-11)21(32,22(25,26)27)29-20(31)28-18/h1-10,17-18,32H,(H2,28,29,31). The molecule has 2 heterocycles. The molecule has 0 radical (unpaired) electrons. The number of hydrogen-bond donors (Lipinski definition) is 3. The molecule has 0 aliphatic carbocycles. The normalized spacial score (nSPS) is 23.0. The summed E-state index contributed by atoms with van der Waals surface area (Å²) in [6.45, 7) is 0. The van der Waals surface area contributed by atoms with Crippen LogP contribution in [-0.2, 0) is 0 Å². The molecule has 1 fully saturated rings. The first-order chi connectivity index (χ1) is 15.5. The molecule has 11 heteroatoms. The number of rotatable bonds is 4. The smallest absolute Gasteiger partial charge is 0.437 e. The summed E-state index contributed by atoms with van der Waals surface area (Å²) >= 11 is 6.14. The van der Waals surface area contributed by atoms with Gasteiger partial charge in [-0.3, -0.25) is 4.79 Å². The first-order valence-electron chi connectivity index (χ1n) is 9.53. The van der Waals surface area contributed by atoms with E-state index in [4.69, 9.17) is 16.0 Å². The Bertz CT molecular complexity index is 1210. The minimum atomic E-state index is -5.43. The van der Waals surface area contributed by atoms with Crippen LogP contribution >= 0.6 is 11.6 Å². The van der Waals surface area contributed by atoms with Gasteiger partial charge in [-0.15, -0.1) is 0 Å². The summed E-state index contributed by atoms with van der Waals surface area (Å²) in [4.78, 5) is 25.2. The van der Waals surface area contributed by atoms with Crippen molar-refractivity contribution in [1.82, 2.24) is 10.6 Å². The summed E-state index contributed by atoms with van der Waals surface area (Å²) in [5.74, 6) is -4.25. The molecular weight excluding hydrogens is 468 g/mol. The van der Waals surface area contributed by atoms with Gasteiger partial charge in [-0.25, -0.2) is 9.18 Å². The fraction of sp³-hybridized carbons (Fsp3) is 0.182. The summed E-state index contributed by atoms with van der Waals surface area (Å²) < 4.78 is 60.8. The molecule has 4 rings (SSSR count). The van der Waals surface area contributed by atoms with Gasteiger partial charge in [0.05, 0.1) is 5.02 Å². The van der Waals surface area contributed by atoms with Crippen molar-refractivity contribution in [2.75, 3.05) is 0 Å². The number of benzene rings is 2. The third kappa shape index (κ3) is 4.07. The van der Waals surface area contributed by atoms with Crippen LogP contribution in [-0.4, -0.2) is 28.8 Å². The van der Waals surface area contributed by atoms with E-state index in [2.05, 4.69) is 5.32 Å². The number of furan rings is 1. The van der Waals surface area contributed by atoms with Crippen LogP contribution in [0.5, 0.6) is 0 Å². The zero-order chi connectivity index (χ0) is 24.0. The number of urea groups is 1. The van der Waals surface area contributed by atoms with Gasteiger partial charge in [-0.2, -0.15) is 13.2 Å². The molecule has 0 spiro atoms. The number of carbonyl (C=O) groups excluding carboxylic acids is 2. The second kappa shape index (κ2) is 8.20. The summed E-state index contributed by atoms with van der Waals surface area (Å²) in [5.41, 5.74) is -3.80. The monoisotopic (exact) mass is 482 g/mol. The van der Waals surface area contributed by atoms with Crippen molar-refractivity contribution in [3.8, 4) is 11.3 Å². The number of alkyl halides is 3.